The smallest absolute Gasteiger partial charge is 0.254 e. The van der Waals surface area contributed by atoms with Crippen LogP contribution < -0.4 is 10.9 Å². The molecule has 0 fully saturated rings. The highest BCUT2D eigenvalue weighted by Gasteiger charge is 2.11. The van der Waals surface area contributed by atoms with Crippen LogP contribution in [0.2, 0.25) is 5.02 Å². The van der Waals surface area contributed by atoms with Gasteiger partial charge in [-0.1, -0.05) is 11.6 Å². The predicted molar refractivity (Wildman–Crippen MR) is 78.4 cm³/mol. The van der Waals surface area contributed by atoms with Crippen LogP contribution in [-0.2, 0) is 4.79 Å². The van der Waals surface area contributed by atoms with Crippen molar-refractivity contribution in [3.63, 3.8) is 0 Å². The molecule has 0 spiro atoms. The number of aromatic amines is 1. The van der Waals surface area contributed by atoms with E-state index in [0.29, 0.717) is 10.8 Å². The standard InChI is InChI=1S/C13H10ClN5O2/c1-7(20)15-10-6-11(21)16-13-17-12(18-19(10)13)8-2-4-9(14)5-3-8/h2-6H,1H3,(H,15,20)(H,16,17,18,21). The minimum atomic E-state index is -0.374. The third-order valence-electron chi connectivity index (χ3n) is 2.74. The van der Waals surface area contributed by atoms with Gasteiger partial charge >= 0.3 is 0 Å². The first-order valence-corrected chi connectivity index (χ1v) is 6.44. The Labute approximate surface area is 123 Å². The summed E-state index contributed by atoms with van der Waals surface area (Å²) in [5.74, 6) is 0.621. The molecule has 2 N–H and O–H groups in total. The molecule has 0 radical (unpaired) electrons. The molecule has 8 heteroatoms. The van der Waals surface area contributed by atoms with Gasteiger partial charge in [0.15, 0.2) is 5.82 Å². The third-order valence-corrected chi connectivity index (χ3v) is 3.00. The monoisotopic (exact) mass is 303 g/mol. The number of hydrogen-bond donors (Lipinski definition) is 2. The van der Waals surface area contributed by atoms with Gasteiger partial charge in [0.1, 0.15) is 5.82 Å². The van der Waals surface area contributed by atoms with Gasteiger partial charge in [0.25, 0.3) is 5.56 Å². The van der Waals surface area contributed by atoms with Gasteiger partial charge in [0, 0.05) is 23.6 Å². The number of benzene rings is 1. The summed E-state index contributed by atoms with van der Waals surface area (Å²) in [6.45, 7) is 1.35. The molecule has 0 atom stereocenters. The topological polar surface area (TPSA) is 92.1 Å². The third kappa shape index (κ3) is 2.63. The lowest BCUT2D eigenvalue weighted by Crippen LogP contribution is -2.16. The maximum Gasteiger partial charge on any atom is 0.254 e. The molecular formula is C13H10ClN5O2. The van der Waals surface area contributed by atoms with Crippen molar-refractivity contribution < 1.29 is 4.79 Å². The zero-order valence-electron chi connectivity index (χ0n) is 10.9. The predicted octanol–water partition coefficient (Wildman–Crippen LogP) is 1.70. The second-order valence-electron chi connectivity index (χ2n) is 4.38. The van der Waals surface area contributed by atoms with Gasteiger partial charge in [-0.3, -0.25) is 14.6 Å². The Morgan fingerprint density at radius 2 is 2.05 bits per heavy atom. The summed E-state index contributed by atoms with van der Waals surface area (Å²) >= 11 is 5.84. The normalized spacial score (nSPS) is 10.8. The summed E-state index contributed by atoms with van der Waals surface area (Å²) in [4.78, 5) is 29.6. The van der Waals surface area contributed by atoms with Gasteiger partial charge in [-0.05, 0) is 24.3 Å². The Hall–Kier alpha value is -2.67. The SMILES string of the molecule is CC(=O)Nc1cc(=O)[nH]c2nc(-c3ccc(Cl)cc3)nn12. The van der Waals surface area contributed by atoms with Crippen molar-refractivity contribution in [3.8, 4) is 11.4 Å². The molecule has 1 aromatic carbocycles. The fourth-order valence-electron chi connectivity index (χ4n) is 1.88. The van der Waals surface area contributed by atoms with Crippen molar-refractivity contribution in [2.24, 2.45) is 0 Å². The van der Waals surface area contributed by atoms with E-state index < -0.39 is 0 Å². The molecule has 21 heavy (non-hydrogen) atoms. The average molecular weight is 304 g/mol. The lowest BCUT2D eigenvalue weighted by atomic mass is 10.2. The van der Waals surface area contributed by atoms with E-state index in [1.54, 1.807) is 24.3 Å². The summed E-state index contributed by atoms with van der Waals surface area (Å²) in [5.41, 5.74) is 0.374. The highest BCUT2D eigenvalue weighted by Crippen LogP contribution is 2.19. The van der Waals surface area contributed by atoms with Crippen LogP contribution in [0, 0.1) is 0 Å². The quantitative estimate of drug-likeness (QED) is 0.753. The minimum absolute atomic E-state index is 0.246. The van der Waals surface area contributed by atoms with E-state index >= 15 is 0 Å². The summed E-state index contributed by atoms with van der Waals surface area (Å²) < 4.78 is 1.37. The van der Waals surface area contributed by atoms with Gasteiger partial charge in [-0.15, -0.1) is 5.10 Å². The van der Waals surface area contributed by atoms with Crippen LogP contribution in [-0.4, -0.2) is 25.5 Å². The number of nitrogens with one attached hydrogen (secondary N) is 2. The van der Waals surface area contributed by atoms with Gasteiger partial charge in [-0.2, -0.15) is 9.50 Å². The number of carbonyl (C=O) groups is 1. The van der Waals surface area contributed by atoms with Gasteiger partial charge in [-0.25, -0.2) is 0 Å². The van der Waals surface area contributed by atoms with Crippen molar-refractivity contribution in [1.82, 2.24) is 19.6 Å². The zero-order chi connectivity index (χ0) is 15.0. The van der Waals surface area contributed by atoms with Crippen LogP contribution in [0.4, 0.5) is 5.82 Å². The van der Waals surface area contributed by atoms with Crippen molar-refractivity contribution in [2.45, 2.75) is 6.92 Å². The molecule has 0 aliphatic heterocycles. The zero-order valence-corrected chi connectivity index (χ0v) is 11.7. The molecule has 0 unspecified atom stereocenters. The molecule has 3 rings (SSSR count). The Morgan fingerprint density at radius 3 is 2.71 bits per heavy atom. The highest BCUT2D eigenvalue weighted by molar-refractivity contribution is 6.30. The molecule has 0 aliphatic rings. The first kappa shape index (κ1) is 13.3. The van der Waals surface area contributed by atoms with E-state index in [1.165, 1.54) is 17.5 Å². The molecular weight excluding hydrogens is 294 g/mol. The lowest BCUT2D eigenvalue weighted by Gasteiger charge is -2.02. The molecule has 0 saturated heterocycles. The van der Waals surface area contributed by atoms with Gasteiger partial charge < -0.3 is 5.32 Å². The van der Waals surface area contributed by atoms with Crippen molar-refractivity contribution in [1.29, 1.82) is 0 Å². The molecule has 7 nitrogen and oxygen atoms in total. The molecule has 1 amide bonds. The number of nitrogens with zero attached hydrogens (tertiary/aromatic N) is 3. The van der Waals surface area contributed by atoms with Crippen LogP contribution in [0.3, 0.4) is 0 Å². The minimum Gasteiger partial charge on any atom is -0.311 e. The Balaban J connectivity index is 2.17. The second kappa shape index (κ2) is 5.02. The molecule has 3 aromatic rings. The number of hydrogen-bond acceptors (Lipinski definition) is 4. The molecule has 0 aliphatic carbocycles. The van der Waals surface area contributed by atoms with Crippen molar-refractivity contribution >= 4 is 29.1 Å². The van der Waals surface area contributed by atoms with Crippen LogP contribution in [0.15, 0.2) is 35.1 Å². The van der Waals surface area contributed by atoms with Gasteiger partial charge in [0.05, 0.1) is 0 Å². The molecule has 0 saturated carbocycles. The average Bonchev–Trinajstić information content (AvgIpc) is 2.82. The number of H-pyrrole nitrogens is 1. The number of rotatable bonds is 2. The maximum atomic E-state index is 11.6. The number of carbonyl (C=O) groups excluding carboxylic acids is 1. The summed E-state index contributed by atoms with van der Waals surface area (Å²) in [6.07, 6.45) is 0. The van der Waals surface area contributed by atoms with E-state index in [0.717, 1.165) is 5.56 Å². The largest absolute Gasteiger partial charge is 0.311 e. The van der Waals surface area contributed by atoms with Crippen molar-refractivity contribution in [2.75, 3.05) is 5.32 Å². The fourth-order valence-corrected chi connectivity index (χ4v) is 2.01. The van der Waals surface area contributed by atoms with E-state index in [2.05, 4.69) is 20.4 Å². The number of anilines is 1. The van der Waals surface area contributed by atoms with E-state index in [-0.39, 0.29) is 23.1 Å². The molecule has 2 heterocycles. The Bertz CT molecular complexity index is 882. The van der Waals surface area contributed by atoms with Crippen molar-refractivity contribution in [3.05, 3.63) is 45.7 Å². The fraction of sp³-hybridized carbons (Fsp3) is 0.0769. The number of fused-ring (bicyclic) bond motifs is 1. The van der Waals surface area contributed by atoms with Gasteiger partial charge in [0.2, 0.25) is 11.7 Å². The highest BCUT2D eigenvalue weighted by atomic mass is 35.5. The summed E-state index contributed by atoms with van der Waals surface area (Å²) in [5, 5.41) is 7.43. The number of aromatic nitrogens is 4. The maximum absolute atomic E-state index is 11.6. The van der Waals surface area contributed by atoms with Crippen LogP contribution in [0.1, 0.15) is 6.92 Å². The summed E-state index contributed by atoms with van der Waals surface area (Å²) in [6, 6.07) is 8.23. The first-order chi connectivity index (χ1) is 10.0. The molecule has 106 valence electrons. The number of amides is 1. The van der Waals surface area contributed by atoms with Crippen LogP contribution in [0.5, 0.6) is 0 Å². The molecule has 0 bridgehead atoms. The summed E-state index contributed by atoms with van der Waals surface area (Å²) in [7, 11) is 0. The Morgan fingerprint density at radius 1 is 1.33 bits per heavy atom. The van der Waals surface area contributed by atoms with Crippen LogP contribution >= 0.6 is 11.6 Å². The van der Waals surface area contributed by atoms with E-state index in [9.17, 15) is 9.59 Å². The number of halogens is 1. The van der Waals surface area contributed by atoms with E-state index in [1.807, 2.05) is 0 Å². The second-order valence-corrected chi connectivity index (χ2v) is 4.81. The van der Waals surface area contributed by atoms with E-state index in [4.69, 9.17) is 11.6 Å². The molecule has 2 aromatic heterocycles. The lowest BCUT2D eigenvalue weighted by molar-refractivity contribution is -0.114. The first-order valence-electron chi connectivity index (χ1n) is 6.06. The Kier molecular flexibility index (Phi) is 3.19. The van der Waals surface area contributed by atoms with Crippen LogP contribution in [0.25, 0.3) is 17.2 Å².